The third-order valence-electron chi connectivity index (χ3n) is 6.02. The number of hydrogen-bond donors (Lipinski definition) is 0. The average Bonchev–Trinajstić information content (AvgIpc) is 3.35. The predicted molar refractivity (Wildman–Crippen MR) is 107 cm³/mol. The number of Topliss-reactive ketones (excluding diaryl/α,β-unsaturated/α-hetero) is 1. The van der Waals surface area contributed by atoms with E-state index in [1.165, 1.54) is 54.7 Å². The molecule has 130 valence electrons. The second-order valence-corrected chi connectivity index (χ2v) is 9.60. The molecule has 0 saturated heterocycles. The molecule has 2 aliphatic rings. The number of hydrogen-bond acceptors (Lipinski definition) is 3. The van der Waals surface area contributed by atoms with Crippen LogP contribution in [0, 0.1) is 23.2 Å². The summed E-state index contributed by atoms with van der Waals surface area (Å²) in [5.41, 5.74) is 0.326. The third-order valence-corrected chi connectivity index (χ3v) is 8.31. The van der Waals surface area contributed by atoms with E-state index < -0.39 is 0 Å². The zero-order chi connectivity index (χ0) is 17.3. The van der Waals surface area contributed by atoms with Crippen LogP contribution >= 0.6 is 22.7 Å². The Kier molecular flexibility index (Phi) is 4.84. The summed E-state index contributed by atoms with van der Waals surface area (Å²) >= 11 is 3.39. The van der Waals surface area contributed by atoms with E-state index in [0.717, 1.165) is 16.2 Å². The lowest BCUT2D eigenvalue weighted by Gasteiger charge is -2.40. The van der Waals surface area contributed by atoms with E-state index in [0.29, 0.717) is 11.2 Å². The summed E-state index contributed by atoms with van der Waals surface area (Å²) in [7, 11) is 0. The Morgan fingerprint density at radius 2 is 1.68 bits per heavy atom. The second kappa shape index (κ2) is 7.09. The van der Waals surface area contributed by atoms with E-state index in [1.54, 1.807) is 22.7 Å². The summed E-state index contributed by atoms with van der Waals surface area (Å²) in [6, 6.07) is 8.39. The first-order valence-corrected chi connectivity index (χ1v) is 11.0. The minimum Gasteiger partial charge on any atom is -0.293 e. The molecule has 2 aromatic heterocycles. The van der Waals surface area contributed by atoms with Crippen LogP contribution in [-0.2, 0) is 0 Å². The van der Waals surface area contributed by atoms with Crippen molar-refractivity contribution in [2.45, 2.75) is 58.3 Å². The maximum atomic E-state index is 13.3. The first kappa shape index (κ1) is 17.1. The van der Waals surface area contributed by atoms with Gasteiger partial charge in [-0.15, -0.1) is 28.6 Å². The Labute approximate surface area is 158 Å². The largest absolute Gasteiger partial charge is 0.293 e. The molecular formula is C22H24OS2. The SMILES string of the molecule is CC#Cc1ccc(-c2ccc(C(=O)[C@@H]3CCCCC34CCCC4)s2)s1. The summed E-state index contributed by atoms with van der Waals surface area (Å²) in [6.07, 6.45) is 10.1. The van der Waals surface area contributed by atoms with E-state index in [1.807, 2.05) is 6.92 Å². The van der Waals surface area contributed by atoms with E-state index in [9.17, 15) is 4.79 Å². The van der Waals surface area contributed by atoms with Gasteiger partial charge >= 0.3 is 0 Å². The average molecular weight is 369 g/mol. The minimum absolute atomic E-state index is 0.264. The van der Waals surface area contributed by atoms with Crippen molar-refractivity contribution >= 4 is 28.5 Å². The van der Waals surface area contributed by atoms with Crippen LogP contribution in [0.5, 0.6) is 0 Å². The molecule has 0 radical (unpaired) electrons. The molecule has 2 saturated carbocycles. The van der Waals surface area contributed by atoms with E-state index >= 15 is 0 Å². The fraction of sp³-hybridized carbons (Fsp3) is 0.500. The molecule has 2 aliphatic carbocycles. The Balaban J connectivity index is 1.58. The van der Waals surface area contributed by atoms with Crippen LogP contribution < -0.4 is 0 Å². The van der Waals surface area contributed by atoms with Gasteiger partial charge in [0.1, 0.15) is 0 Å². The number of rotatable bonds is 3. The Bertz CT molecular complexity index is 824. The minimum atomic E-state index is 0.264. The summed E-state index contributed by atoms with van der Waals surface area (Å²) < 4.78 is 0. The molecule has 0 amide bonds. The number of ketones is 1. The molecule has 2 fully saturated rings. The van der Waals surface area contributed by atoms with Crippen LogP contribution in [0.1, 0.15) is 72.8 Å². The summed E-state index contributed by atoms with van der Waals surface area (Å²) in [5.74, 6) is 6.75. The highest BCUT2D eigenvalue weighted by atomic mass is 32.1. The van der Waals surface area contributed by atoms with E-state index in [2.05, 4.69) is 36.1 Å². The van der Waals surface area contributed by atoms with Gasteiger partial charge in [0.05, 0.1) is 9.75 Å². The van der Waals surface area contributed by atoms with Crippen molar-refractivity contribution in [3.8, 4) is 21.6 Å². The van der Waals surface area contributed by atoms with Crippen molar-refractivity contribution in [2.75, 3.05) is 0 Å². The van der Waals surface area contributed by atoms with Gasteiger partial charge in [-0.2, -0.15) is 0 Å². The molecule has 25 heavy (non-hydrogen) atoms. The quantitative estimate of drug-likeness (QED) is 0.431. The zero-order valence-electron chi connectivity index (χ0n) is 14.8. The van der Waals surface area contributed by atoms with Crippen LogP contribution in [0.15, 0.2) is 24.3 Å². The summed E-state index contributed by atoms with van der Waals surface area (Å²) in [4.78, 5) is 17.8. The van der Waals surface area contributed by atoms with Crippen molar-refractivity contribution in [3.63, 3.8) is 0 Å². The fourth-order valence-electron chi connectivity index (χ4n) is 4.83. The van der Waals surface area contributed by atoms with Gasteiger partial charge in [0, 0.05) is 15.7 Å². The smallest absolute Gasteiger partial charge is 0.176 e. The molecular weight excluding hydrogens is 344 g/mol. The molecule has 0 unspecified atom stereocenters. The Morgan fingerprint density at radius 3 is 2.44 bits per heavy atom. The van der Waals surface area contributed by atoms with Crippen LogP contribution in [0.2, 0.25) is 0 Å². The van der Waals surface area contributed by atoms with Crippen molar-refractivity contribution < 1.29 is 4.79 Å². The lowest BCUT2D eigenvalue weighted by atomic mass is 9.63. The molecule has 0 N–H and O–H groups in total. The van der Waals surface area contributed by atoms with Gasteiger partial charge in [-0.25, -0.2) is 0 Å². The van der Waals surface area contributed by atoms with Gasteiger partial charge < -0.3 is 0 Å². The van der Waals surface area contributed by atoms with Gasteiger partial charge in [0.25, 0.3) is 0 Å². The van der Waals surface area contributed by atoms with Crippen molar-refractivity contribution in [1.82, 2.24) is 0 Å². The lowest BCUT2D eigenvalue weighted by Crippen LogP contribution is -2.36. The van der Waals surface area contributed by atoms with Gasteiger partial charge in [0.15, 0.2) is 5.78 Å². The van der Waals surface area contributed by atoms with Gasteiger partial charge in [-0.3, -0.25) is 4.79 Å². The Hall–Kier alpha value is -1.37. The first-order valence-electron chi connectivity index (χ1n) is 9.39. The number of thiophene rings is 2. The zero-order valence-corrected chi connectivity index (χ0v) is 16.4. The molecule has 1 nitrogen and oxygen atoms in total. The maximum Gasteiger partial charge on any atom is 0.176 e. The standard InChI is InChI=1S/C22H24OS2/c1-2-7-16-9-10-18(24-16)19-11-12-20(25-19)21(23)17-8-3-4-13-22(17)14-5-6-15-22/h9-12,17H,3-6,8,13-15H2,1H3/t17-/m0/s1. The third kappa shape index (κ3) is 3.23. The molecule has 4 rings (SSSR count). The fourth-order valence-corrected chi connectivity index (χ4v) is 6.83. The molecule has 2 heterocycles. The van der Waals surface area contributed by atoms with Crippen LogP contribution in [0.25, 0.3) is 9.75 Å². The van der Waals surface area contributed by atoms with Crippen LogP contribution in [-0.4, -0.2) is 5.78 Å². The highest BCUT2D eigenvalue weighted by molar-refractivity contribution is 7.23. The molecule has 2 aromatic rings. The van der Waals surface area contributed by atoms with Gasteiger partial charge in [0.2, 0.25) is 0 Å². The number of carbonyl (C=O) groups is 1. The van der Waals surface area contributed by atoms with Crippen molar-refractivity contribution in [3.05, 3.63) is 34.0 Å². The van der Waals surface area contributed by atoms with Gasteiger partial charge in [-0.05, 0) is 62.3 Å². The van der Waals surface area contributed by atoms with Gasteiger partial charge in [-0.1, -0.05) is 31.6 Å². The monoisotopic (exact) mass is 368 g/mol. The Morgan fingerprint density at radius 1 is 1.00 bits per heavy atom. The lowest BCUT2D eigenvalue weighted by molar-refractivity contribution is 0.0611. The van der Waals surface area contributed by atoms with Crippen LogP contribution in [0.3, 0.4) is 0 Å². The molecule has 1 spiro atoms. The molecule has 0 aromatic carbocycles. The first-order chi connectivity index (χ1) is 12.2. The number of carbonyl (C=O) groups excluding carboxylic acids is 1. The highest BCUT2D eigenvalue weighted by Gasteiger charge is 2.46. The van der Waals surface area contributed by atoms with Crippen LogP contribution in [0.4, 0.5) is 0 Å². The topological polar surface area (TPSA) is 17.1 Å². The molecule has 1 atom stereocenters. The molecule has 0 bridgehead atoms. The summed E-state index contributed by atoms with van der Waals surface area (Å²) in [5, 5.41) is 0. The van der Waals surface area contributed by atoms with E-state index in [-0.39, 0.29) is 5.92 Å². The maximum absolute atomic E-state index is 13.3. The molecule has 0 aliphatic heterocycles. The second-order valence-electron chi connectivity index (χ2n) is 7.43. The molecule has 3 heteroatoms. The highest BCUT2D eigenvalue weighted by Crippen LogP contribution is 2.53. The van der Waals surface area contributed by atoms with Crippen molar-refractivity contribution in [2.24, 2.45) is 11.3 Å². The predicted octanol–water partition coefficient (Wildman–Crippen LogP) is 6.78. The normalized spacial score (nSPS) is 21.9. The summed E-state index contributed by atoms with van der Waals surface area (Å²) in [6.45, 7) is 1.87. The van der Waals surface area contributed by atoms with E-state index in [4.69, 9.17) is 0 Å². The van der Waals surface area contributed by atoms with Crippen molar-refractivity contribution in [1.29, 1.82) is 0 Å².